The quantitative estimate of drug-likeness (QED) is 0.774. The first-order valence-corrected chi connectivity index (χ1v) is 5.69. The Morgan fingerprint density at radius 2 is 2.27 bits per heavy atom. The van der Waals surface area contributed by atoms with Crippen molar-refractivity contribution in [2.45, 2.75) is 32.7 Å². The van der Waals surface area contributed by atoms with Crippen LogP contribution in [-0.2, 0) is 16.0 Å². The molecule has 1 N–H and O–H groups in total. The van der Waals surface area contributed by atoms with Crippen molar-refractivity contribution >= 4 is 22.4 Å². The zero-order chi connectivity index (χ0) is 11.3. The fourth-order valence-corrected chi connectivity index (χ4v) is 1.81. The van der Waals surface area contributed by atoms with Crippen LogP contribution in [0.15, 0.2) is 0 Å². The van der Waals surface area contributed by atoms with E-state index in [0.717, 1.165) is 11.4 Å². The number of ether oxygens (including phenoxy) is 1. The molecule has 1 atom stereocenters. The van der Waals surface area contributed by atoms with Gasteiger partial charge in [-0.3, -0.25) is 0 Å². The molecule has 0 aliphatic heterocycles. The number of anilines is 1. The zero-order valence-corrected chi connectivity index (χ0v) is 9.93. The maximum Gasteiger partial charge on any atom is 0.328 e. The highest BCUT2D eigenvalue weighted by atomic mass is 32.1. The van der Waals surface area contributed by atoms with E-state index in [9.17, 15) is 4.79 Å². The summed E-state index contributed by atoms with van der Waals surface area (Å²) in [6.07, 6.45) is 1.52. The molecule has 1 unspecified atom stereocenters. The maximum atomic E-state index is 11.3. The summed E-state index contributed by atoms with van der Waals surface area (Å²) in [5.74, 6) is -0.272. The minimum atomic E-state index is -0.340. The van der Waals surface area contributed by atoms with Gasteiger partial charge in [0.2, 0.25) is 5.13 Å². The maximum absolute atomic E-state index is 11.3. The van der Waals surface area contributed by atoms with E-state index in [1.165, 1.54) is 18.4 Å². The molecule has 0 aliphatic rings. The van der Waals surface area contributed by atoms with Crippen molar-refractivity contribution in [2.75, 3.05) is 12.4 Å². The molecule has 1 aromatic heterocycles. The lowest BCUT2D eigenvalue weighted by atomic mass is 10.2. The summed E-state index contributed by atoms with van der Waals surface area (Å²) in [5, 5.41) is 12.5. The first kappa shape index (κ1) is 11.9. The van der Waals surface area contributed by atoms with Crippen molar-refractivity contribution in [2.24, 2.45) is 0 Å². The molecule has 0 bridgehead atoms. The number of aromatic nitrogens is 2. The third kappa shape index (κ3) is 3.16. The normalized spacial score (nSPS) is 12.2. The molecular weight excluding hydrogens is 214 g/mol. The number of methoxy groups -OCH3 is 1. The van der Waals surface area contributed by atoms with Gasteiger partial charge in [0.1, 0.15) is 11.0 Å². The molecule has 5 nitrogen and oxygen atoms in total. The highest BCUT2D eigenvalue weighted by molar-refractivity contribution is 7.15. The van der Waals surface area contributed by atoms with Crippen molar-refractivity contribution in [3.63, 3.8) is 0 Å². The van der Waals surface area contributed by atoms with E-state index in [0.29, 0.717) is 11.6 Å². The van der Waals surface area contributed by atoms with Gasteiger partial charge < -0.3 is 10.1 Å². The number of nitrogens with one attached hydrogen (secondary N) is 1. The van der Waals surface area contributed by atoms with Gasteiger partial charge >= 0.3 is 5.97 Å². The summed E-state index contributed by atoms with van der Waals surface area (Å²) in [7, 11) is 1.38. The van der Waals surface area contributed by atoms with E-state index in [-0.39, 0.29) is 12.0 Å². The fraction of sp³-hybridized carbons (Fsp3) is 0.667. The van der Waals surface area contributed by atoms with Crippen LogP contribution in [0.5, 0.6) is 0 Å². The van der Waals surface area contributed by atoms with Gasteiger partial charge in [-0.1, -0.05) is 25.2 Å². The highest BCUT2D eigenvalue weighted by Gasteiger charge is 2.18. The minimum absolute atomic E-state index is 0.272. The number of nitrogens with zero attached hydrogens (tertiary/aromatic N) is 2. The molecule has 6 heteroatoms. The first-order chi connectivity index (χ1) is 7.21. The van der Waals surface area contributed by atoms with Crippen molar-refractivity contribution < 1.29 is 9.53 Å². The summed E-state index contributed by atoms with van der Waals surface area (Å²) in [5.41, 5.74) is 0. The molecule has 1 heterocycles. The molecule has 0 saturated carbocycles. The van der Waals surface area contributed by atoms with Gasteiger partial charge in [0.15, 0.2) is 0 Å². The predicted octanol–water partition coefficient (Wildman–Crippen LogP) is 1.46. The Bertz CT molecular complexity index is 327. The monoisotopic (exact) mass is 229 g/mol. The lowest BCUT2D eigenvalue weighted by molar-refractivity contribution is -0.141. The SMILES string of the molecule is CCc1nnc(NC(CC)C(=O)OC)s1. The van der Waals surface area contributed by atoms with Crippen LogP contribution in [0.4, 0.5) is 5.13 Å². The topological polar surface area (TPSA) is 64.1 Å². The van der Waals surface area contributed by atoms with Gasteiger partial charge in [-0.15, -0.1) is 10.2 Å². The molecule has 0 aliphatic carbocycles. The lowest BCUT2D eigenvalue weighted by Gasteiger charge is -2.12. The third-order valence-corrected chi connectivity index (χ3v) is 2.96. The van der Waals surface area contributed by atoms with Gasteiger partial charge in [-0.05, 0) is 12.8 Å². The summed E-state index contributed by atoms with van der Waals surface area (Å²) in [6.45, 7) is 3.93. The van der Waals surface area contributed by atoms with Gasteiger partial charge in [0.05, 0.1) is 7.11 Å². The molecule has 0 saturated heterocycles. The van der Waals surface area contributed by atoms with Crippen LogP contribution >= 0.6 is 11.3 Å². The zero-order valence-electron chi connectivity index (χ0n) is 9.11. The summed E-state index contributed by atoms with van der Waals surface area (Å²) in [4.78, 5) is 11.3. The van der Waals surface area contributed by atoms with E-state index >= 15 is 0 Å². The largest absolute Gasteiger partial charge is 0.467 e. The van der Waals surface area contributed by atoms with Crippen LogP contribution in [0.25, 0.3) is 0 Å². The van der Waals surface area contributed by atoms with Crippen LogP contribution in [-0.4, -0.2) is 29.3 Å². The van der Waals surface area contributed by atoms with Gasteiger partial charge in [0.25, 0.3) is 0 Å². The number of esters is 1. The van der Waals surface area contributed by atoms with E-state index < -0.39 is 0 Å². The van der Waals surface area contributed by atoms with Crippen LogP contribution in [0.3, 0.4) is 0 Å². The molecule has 1 rings (SSSR count). The molecule has 0 amide bonds. The average molecular weight is 229 g/mol. The Morgan fingerprint density at radius 1 is 1.53 bits per heavy atom. The van der Waals surface area contributed by atoms with Gasteiger partial charge in [-0.25, -0.2) is 4.79 Å². The Kier molecular flexibility index (Phi) is 4.48. The van der Waals surface area contributed by atoms with Crippen molar-refractivity contribution in [3.05, 3.63) is 5.01 Å². The van der Waals surface area contributed by atoms with Gasteiger partial charge in [0, 0.05) is 0 Å². The second-order valence-corrected chi connectivity index (χ2v) is 4.04. The molecule has 84 valence electrons. The van der Waals surface area contributed by atoms with Crippen LogP contribution in [0.1, 0.15) is 25.3 Å². The van der Waals surface area contributed by atoms with Crippen LogP contribution in [0, 0.1) is 0 Å². The number of carbonyl (C=O) groups excluding carboxylic acids is 1. The Morgan fingerprint density at radius 3 is 2.73 bits per heavy atom. The number of carbonyl (C=O) groups is 1. The highest BCUT2D eigenvalue weighted by Crippen LogP contribution is 2.17. The Balaban J connectivity index is 2.62. The van der Waals surface area contributed by atoms with Crippen LogP contribution < -0.4 is 5.32 Å². The number of hydrogen-bond acceptors (Lipinski definition) is 6. The fourth-order valence-electron chi connectivity index (χ4n) is 1.07. The average Bonchev–Trinajstić information content (AvgIpc) is 2.72. The molecule has 0 radical (unpaired) electrons. The van der Waals surface area contributed by atoms with E-state index in [2.05, 4.69) is 20.3 Å². The van der Waals surface area contributed by atoms with E-state index in [1.807, 2.05) is 13.8 Å². The number of hydrogen-bond donors (Lipinski definition) is 1. The van der Waals surface area contributed by atoms with Gasteiger partial charge in [-0.2, -0.15) is 0 Å². The first-order valence-electron chi connectivity index (χ1n) is 4.88. The van der Waals surface area contributed by atoms with Crippen LogP contribution in [0.2, 0.25) is 0 Å². The van der Waals surface area contributed by atoms with E-state index in [4.69, 9.17) is 0 Å². The third-order valence-electron chi connectivity index (χ3n) is 1.96. The number of aryl methyl sites for hydroxylation is 1. The standard InChI is InChI=1S/C9H15N3O2S/c1-4-6(8(13)14-3)10-9-12-11-7(5-2)15-9/h6H,4-5H2,1-3H3,(H,10,12). The van der Waals surface area contributed by atoms with Crippen molar-refractivity contribution in [3.8, 4) is 0 Å². The van der Waals surface area contributed by atoms with Crippen molar-refractivity contribution in [1.82, 2.24) is 10.2 Å². The molecular formula is C9H15N3O2S. The molecule has 1 aromatic rings. The second kappa shape index (κ2) is 5.65. The summed E-state index contributed by atoms with van der Waals surface area (Å²) in [6, 6.07) is -0.340. The Labute approximate surface area is 92.9 Å². The molecule has 15 heavy (non-hydrogen) atoms. The summed E-state index contributed by atoms with van der Waals surface area (Å²) < 4.78 is 4.66. The second-order valence-electron chi connectivity index (χ2n) is 2.98. The molecule has 0 fully saturated rings. The lowest BCUT2D eigenvalue weighted by Crippen LogP contribution is -2.29. The Hall–Kier alpha value is -1.17. The predicted molar refractivity (Wildman–Crippen MR) is 59.0 cm³/mol. The summed E-state index contributed by atoms with van der Waals surface area (Å²) >= 11 is 1.46. The number of rotatable bonds is 5. The van der Waals surface area contributed by atoms with E-state index in [1.54, 1.807) is 0 Å². The minimum Gasteiger partial charge on any atom is -0.467 e. The smallest absolute Gasteiger partial charge is 0.328 e. The molecule has 0 spiro atoms. The molecule has 0 aromatic carbocycles. The van der Waals surface area contributed by atoms with Crippen molar-refractivity contribution in [1.29, 1.82) is 0 Å².